The van der Waals surface area contributed by atoms with E-state index >= 15 is 0 Å². The van der Waals surface area contributed by atoms with Gasteiger partial charge in [-0.25, -0.2) is 4.98 Å². The smallest absolute Gasteiger partial charge is 0.205 e. The van der Waals surface area contributed by atoms with Crippen molar-refractivity contribution >= 4 is 22.3 Å². The number of furan rings is 1. The summed E-state index contributed by atoms with van der Waals surface area (Å²) in [6.45, 7) is 0.720. The maximum absolute atomic E-state index is 13.1. The summed E-state index contributed by atoms with van der Waals surface area (Å²) in [6, 6.07) is 10.7. The maximum atomic E-state index is 13.1. The zero-order valence-corrected chi connectivity index (χ0v) is 14.9. The van der Waals surface area contributed by atoms with Gasteiger partial charge in [0.2, 0.25) is 5.78 Å². The van der Waals surface area contributed by atoms with Gasteiger partial charge in [-0.1, -0.05) is 23.5 Å². The molecule has 0 aliphatic carbocycles. The number of hydrogen-bond acceptors (Lipinski definition) is 6. The van der Waals surface area contributed by atoms with Crippen molar-refractivity contribution in [1.29, 1.82) is 0 Å². The highest BCUT2D eigenvalue weighted by atomic mass is 32.1. The number of thiazole rings is 1. The van der Waals surface area contributed by atoms with Crippen LogP contribution in [0.4, 0.5) is 5.13 Å². The van der Waals surface area contributed by atoms with E-state index in [4.69, 9.17) is 9.15 Å². The van der Waals surface area contributed by atoms with Gasteiger partial charge in [-0.2, -0.15) is 0 Å². The molecular formula is C20H16N2O3S. The maximum Gasteiger partial charge on any atom is 0.205 e. The molecule has 26 heavy (non-hydrogen) atoms. The van der Waals surface area contributed by atoms with Crippen molar-refractivity contribution in [2.75, 3.05) is 18.6 Å². The van der Waals surface area contributed by atoms with Gasteiger partial charge in [0.25, 0.3) is 0 Å². The van der Waals surface area contributed by atoms with Crippen LogP contribution >= 0.6 is 11.3 Å². The van der Waals surface area contributed by atoms with Gasteiger partial charge in [0.05, 0.1) is 13.4 Å². The minimum absolute atomic E-state index is 0.0839. The second-order valence-corrected chi connectivity index (χ2v) is 6.61. The lowest BCUT2D eigenvalue weighted by atomic mass is 10.1. The summed E-state index contributed by atoms with van der Waals surface area (Å²) >= 11 is 1.37. The molecule has 0 spiro atoms. The highest BCUT2D eigenvalue weighted by Gasteiger charge is 2.24. The molecule has 0 unspecified atom stereocenters. The number of ketones is 1. The molecule has 3 aromatic rings. The van der Waals surface area contributed by atoms with Crippen LogP contribution < -0.4 is 9.64 Å². The molecule has 0 fully saturated rings. The molecule has 130 valence electrons. The quantitative estimate of drug-likeness (QED) is 0.623. The molecule has 0 amide bonds. The summed E-state index contributed by atoms with van der Waals surface area (Å²) in [7, 11) is 1.60. The molecule has 6 heteroatoms. The zero-order chi connectivity index (χ0) is 17.9. The van der Waals surface area contributed by atoms with Crippen LogP contribution in [0.1, 0.15) is 15.2 Å². The molecule has 4 rings (SSSR count). The number of hydrogen-bond donors (Lipinski definition) is 0. The average molecular weight is 364 g/mol. The molecule has 1 aromatic carbocycles. The van der Waals surface area contributed by atoms with Crippen LogP contribution in [-0.4, -0.2) is 24.4 Å². The largest absolute Gasteiger partial charge is 0.497 e. The Bertz CT molecular complexity index is 969. The van der Waals surface area contributed by atoms with Gasteiger partial charge in [-0.3, -0.25) is 4.79 Å². The van der Waals surface area contributed by atoms with E-state index in [1.807, 2.05) is 35.4 Å². The summed E-state index contributed by atoms with van der Waals surface area (Å²) in [5.41, 5.74) is 1.15. The minimum atomic E-state index is -0.0839. The van der Waals surface area contributed by atoms with Gasteiger partial charge in [0.1, 0.15) is 16.3 Å². The van der Waals surface area contributed by atoms with E-state index in [2.05, 4.69) is 4.98 Å². The van der Waals surface area contributed by atoms with Gasteiger partial charge >= 0.3 is 0 Å². The number of carbonyl (C=O) groups excluding carboxylic acids is 1. The fourth-order valence-electron chi connectivity index (χ4n) is 2.65. The van der Waals surface area contributed by atoms with Gasteiger partial charge in [-0.15, -0.1) is 0 Å². The van der Waals surface area contributed by atoms with Crippen LogP contribution in [-0.2, 0) is 0 Å². The van der Waals surface area contributed by atoms with Crippen molar-refractivity contribution in [1.82, 2.24) is 4.98 Å². The first-order valence-corrected chi connectivity index (χ1v) is 8.91. The molecule has 1 aliphatic rings. The third-order valence-corrected chi connectivity index (χ3v) is 5.08. The molecule has 0 bridgehead atoms. The predicted molar refractivity (Wildman–Crippen MR) is 102 cm³/mol. The first-order chi connectivity index (χ1) is 12.8. The standard InChI is InChI=1S/C20H16N2O3S/c1-24-15-9-7-14(8-10-15)18(23)19-17(16-6-5-13-25-16)21-20(26-19)22-11-3-2-4-12-22/h2-11,13H,12H2,1H3. The van der Waals surface area contributed by atoms with E-state index in [1.165, 1.54) is 11.3 Å². The van der Waals surface area contributed by atoms with Crippen molar-refractivity contribution in [2.24, 2.45) is 0 Å². The van der Waals surface area contributed by atoms with Gasteiger partial charge < -0.3 is 14.1 Å². The number of nitrogens with zero attached hydrogens (tertiary/aromatic N) is 2. The van der Waals surface area contributed by atoms with E-state index in [1.54, 1.807) is 43.7 Å². The Labute approximate surface area is 154 Å². The van der Waals surface area contributed by atoms with E-state index in [9.17, 15) is 4.79 Å². The first-order valence-electron chi connectivity index (χ1n) is 8.09. The summed E-state index contributed by atoms with van der Waals surface area (Å²) in [4.78, 5) is 20.3. The number of allylic oxidation sites excluding steroid dienone is 2. The molecule has 1 aliphatic heterocycles. The Morgan fingerprint density at radius 3 is 2.73 bits per heavy atom. The third kappa shape index (κ3) is 3.07. The second kappa shape index (κ2) is 7.01. The number of rotatable bonds is 5. The Morgan fingerprint density at radius 1 is 1.23 bits per heavy atom. The number of ether oxygens (including phenoxy) is 1. The van der Waals surface area contributed by atoms with Crippen molar-refractivity contribution in [3.8, 4) is 17.2 Å². The zero-order valence-electron chi connectivity index (χ0n) is 14.1. The SMILES string of the molecule is COc1ccc(C(=O)c2sc(N3C=CC=CC3)nc2-c2ccco2)cc1. The third-order valence-electron chi connectivity index (χ3n) is 3.99. The highest BCUT2D eigenvalue weighted by Crippen LogP contribution is 2.35. The van der Waals surface area contributed by atoms with E-state index < -0.39 is 0 Å². The molecular weight excluding hydrogens is 348 g/mol. The Kier molecular flexibility index (Phi) is 4.41. The van der Waals surface area contributed by atoms with Crippen LogP contribution in [0, 0.1) is 0 Å². The Morgan fingerprint density at radius 2 is 2.08 bits per heavy atom. The minimum Gasteiger partial charge on any atom is -0.497 e. The lowest BCUT2D eigenvalue weighted by Gasteiger charge is -2.16. The van der Waals surface area contributed by atoms with Crippen LogP contribution in [0.5, 0.6) is 5.75 Å². The average Bonchev–Trinajstić information content (AvgIpc) is 3.38. The van der Waals surface area contributed by atoms with Crippen LogP contribution in [0.2, 0.25) is 0 Å². The fraction of sp³-hybridized carbons (Fsp3) is 0.100. The number of methoxy groups -OCH3 is 1. The first kappa shape index (κ1) is 16.4. The van der Waals surface area contributed by atoms with Crippen molar-refractivity contribution < 1.29 is 13.9 Å². The summed E-state index contributed by atoms with van der Waals surface area (Å²) in [6.07, 6.45) is 9.51. The predicted octanol–water partition coefficient (Wildman–Crippen LogP) is 4.53. The van der Waals surface area contributed by atoms with E-state index in [0.717, 1.165) is 11.7 Å². The van der Waals surface area contributed by atoms with Crippen molar-refractivity contribution in [2.45, 2.75) is 0 Å². The van der Waals surface area contributed by atoms with Crippen LogP contribution in [0.15, 0.2) is 71.5 Å². The van der Waals surface area contributed by atoms with Crippen molar-refractivity contribution in [3.05, 3.63) is 77.5 Å². The van der Waals surface area contributed by atoms with Crippen LogP contribution in [0.3, 0.4) is 0 Å². The Balaban J connectivity index is 1.75. The van der Waals surface area contributed by atoms with Gasteiger partial charge in [0.15, 0.2) is 10.9 Å². The summed E-state index contributed by atoms with van der Waals surface area (Å²) < 4.78 is 10.7. The van der Waals surface area contributed by atoms with Crippen LogP contribution in [0.25, 0.3) is 11.5 Å². The number of carbonyl (C=O) groups is 1. The Hall–Kier alpha value is -3.12. The normalized spacial score (nSPS) is 13.2. The molecule has 0 atom stereocenters. The second-order valence-electron chi connectivity index (χ2n) is 5.63. The topological polar surface area (TPSA) is 55.6 Å². The molecule has 0 radical (unpaired) electrons. The lowest BCUT2D eigenvalue weighted by Crippen LogP contribution is -2.16. The van der Waals surface area contributed by atoms with E-state index in [0.29, 0.717) is 27.6 Å². The summed E-state index contributed by atoms with van der Waals surface area (Å²) in [5, 5.41) is 0.758. The lowest BCUT2D eigenvalue weighted by molar-refractivity contribution is 0.104. The monoisotopic (exact) mass is 364 g/mol. The highest BCUT2D eigenvalue weighted by molar-refractivity contribution is 7.18. The molecule has 3 heterocycles. The molecule has 0 N–H and O–H groups in total. The van der Waals surface area contributed by atoms with E-state index in [-0.39, 0.29) is 5.78 Å². The summed E-state index contributed by atoms with van der Waals surface area (Å²) in [5.74, 6) is 1.21. The number of aromatic nitrogens is 1. The number of anilines is 1. The molecule has 0 saturated heterocycles. The van der Waals surface area contributed by atoms with Gasteiger partial charge in [-0.05, 0) is 42.5 Å². The molecule has 0 saturated carbocycles. The molecule has 2 aromatic heterocycles. The fourth-order valence-corrected chi connectivity index (χ4v) is 3.67. The number of benzene rings is 1. The van der Waals surface area contributed by atoms with Gasteiger partial charge in [0, 0.05) is 18.3 Å². The molecule has 5 nitrogen and oxygen atoms in total. The van der Waals surface area contributed by atoms with Crippen molar-refractivity contribution in [3.63, 3.8) is 0 Å².